The zero-order valence-electron chi connectivity index (χ0n) is 11.3. The Morgan fingerprint density at radius 1 is 1.60 bits per heavy atom. The van der Waals surface area contributed by atoms with Crippen LogP contribution in [0.1, 0.15) is 19.8 Å². The number of thiophene rings is 1. The van der Waals surface area contributed by atoms with Crippen LogP contribution in [-0.4, -0.2) is 39.0 Å². The third-order valence-corrected chi connectivity index (χ3v) is 8.37. The summed E-state index contributed by atoms with van der Waals surface area (Å²) in [6.45, 7) is 2.72. The zero-order chi connectivity index (χ0) is 14.9. The third-order valence-electron chi connectivity index (χ3n) is 3.46. The molecule has 1 fully saturated rings. The van der Waals surface area contributed by atoms with Crippen molar-refractivity contribution in [2.45, 2.75) is 30.0 Å². The van der Waals surface area contributed by atoms with Crippen LogP contribution in [-0.2, 0) is 14.8 Å². The number of hydrogen-bond donors (Lipinski definition) is 0. The largest absolute Gasteiger partial charge is 0.383 e. The van der Waals surface area contributed by atoms with Gasteiger partial charge >= 0.3 is 0 Å². The molecule has 2 rings (SSSR count). The van der Waals surface area contributed by atoms with Crippen LogP contribution in [0.2, 0.25) is 5.02 Å². The van der Waals surface area contributed by atoms with Crippen molar-refractivity contribution in [2.75, 3.05) is 20.3 Å². The van der Waals surface area contributed by atoms with E-state index < -0.39 is 10.0 Å². The van der Waals surface area contributed by atoms with Gasteiger partial charge in [-0.15, -0.1) is 11.3 Å². The van der Waals surface area contributed by atoms with E-state index in [4.69, 9.17) is 16.3 Å². The molecule has 1 unspecified atom stereocenters. The maximum absolute atomic E-state index is 12.8. The Morgan fingerprint density at radius 2 is 2.25 bits per heavy atom. The van der Waals surface area contributed by atoms with Gasteiger partial charge in [0.05, 0.1) is 15.4 Å². The molecule has 0 saturated heterocycles. The van der Waals surface area contributed by atoms with E-state index in [0.717, 1.165) is 24.2 Å². The molecule has 0 spiro atoms. The van der Waals surface area contributed by atoms with Gasteiger partial charge in [0.2, 0.25) is 0 Å². The van der Waals surface area contributed by atoms with Gasteiger partial charge in [0, 0.05) is 19.7 Å². The Labute approximate surface area is 137 Å². The van der Waals surface area contributed by atoms with Crippen molar-refractivity contribution >= 4 is 48.9 Å². The normalized spacial score (nSPS) is 17.6. The highest BCUT2D eigenvalue weighted by molar-refractivity contribution is 9.11. The van der Waals surface area contributed by atoms with Gasteiger partial charge in [0.15, 0.2) is 0 Å². The van der Waals surface area contributed by atoms with Crippen LogP contribution in [0.3, 0.4) is 0 Å². The monoisotopic (exact) mass is 401 g/mol. The molecule has 1 heterocycles. The van der Waals surface area contributed by atoms with Crippen molar-refractivity contribution in [3.05, 3.63) is 14.9 Å². The Hall–Kier alpha value is 0.340. The maximum atomic E-state index is 12.8. The fraction of sp³-hybridized carbons (Fsp3) is 0.667. The molecule has 1 atom stereocenters. The summed E-state index contributed by atoms with van der Waals surface area (Å²) in [5.41, 5.74) is 0. The predicted molar refractivity (Wildman–Crippen MR) is 85.0 cm³/mol. The summed E-state index contributed by atoms with van der Waals surface area (Å²) >= 11 is 10.4. The minimum absolute atomic E-state index is 0.00481. The zero-order valence-corrected chi connectivity index (χ0v) is 15.3. The van der Waals surface area contributed by atoms with E-state index in [2.05, 4.69) is 15.9 Å². The molecule has 1 aliphatic rings. The van der Waals surface area contributed by atoms with E-state index in [0.29, 0.717) is 27.9 Å². The van der Waals surface area contributed by atoms with Crippen molar-refractivity contribution in [3.8, 4) is 0 Å². The van der Waals surface area contributed by atoms with Gasteiger partial charge in [-0.1, -0.05) is 11.6 Å². The van der Waals surface area contributed by atoms with Gasteiger partial charge in [-0.25, -0.2) is 8.42 Å². The molecule has 1 aliphatic carbocycles. The van der Waals surface area contributed by atoms with Crippen molar-refractivity contribution in [1.82, 2.24) is 4.31 Å². The van der Waals surface area contributed by atoms with Gasteiger partial charge < -0.3 is 4.74 Å². The van der Waals surface area contributed by atoms with E-state index >= 15 is 0 Å². The Bertz CT molecular complexity index is 552. The highest BCUT2D eigenvalue weighted by Crippen LogP contribution is 2.40. The fourth-order valence-electron chi connectivity index (χ4n) is 2.11. The van der Waals surface area contributed by atoms with Crippen LogP contribution in [0.25, 0.3) is 0 Å². The minimum atomic E-state index is -3.52. The number of hydrogen-bond acceptors (Lipinski definition) is 4. The summed E-state index contributed by atoms with van der Waals surface area (Å²) in [6, 6.07) is 1.50. The maximum Gasteiger partial charge on any atom is 0.252 e. The first-order valence-corrected chi connectivity index (χ1v) is 9.76. The number of ether oxygens (including phenoxy) is 1. The predicted octanol–water partition coefficient (Wildman–Crippen LogP) is 3.60. The van der Waals surface area contributed by atoms with E-state index in [9.17, 15) is 8.42 Å². The molecule has 0 aromatic carbocycles. The lowest BCUT2D eigenvalue weighted by atomic mass is 10.2. The topological polar surface area (TPSA) is 46.6 Å². The summed E-state index contributed by atoms with van der Waals surface area (Å²) in [7, 11) is -1.95. The second-order valence-corrected chi connectivity index (χ2v) is 9.77. The fourth-order valence-corrected chi connectivity index (χ4v) is 6.31. The Balaban J connectivity index is 2.29. The molecular weight excluding hydrogens is 386 g/mol. The van der Waals surface area contributed by atoms with E-state index in [-0.39, 0.29) is 10.3 Å². The third kappa shape index (κ3) is 3.56. The SMILES string of the molecule is COCCN(C(C)C1CC1)S(=O)(=O)c1cc(Cl)c(Br)s1. The summed E-state index contributed by atoms with van der Waals surface area (Å²) in [4.78, 5) is 0. The number of nitrogens with zero attached hydrogens (tertiary/aromatic N) is 1. The highest BCUT2D eigenvalue weighted by Gasteiger charge is 2.38. The van der Waals surface area contributed by atoms with E-state index in [1.807, 2.05) is 6.92 Å². The van der Waals surface area contributed by atoms with Gasteiger partial charge in [-0.05, 0) is 47.7 Å². The Kier molecular flexibility index (Phi) is 5.53. The second kappa shape index (κ2) is 6.62. The molecule has 20 heavy (non-hydrogen) atoms. The van der Waals surface area contributed by atoms with Crippen molar-refractivity contribution < 1.29 is 13.2 Å². The average molecular weight is 403 g/mol. The molecule has 0 radical (unpaired) electrons. The molecule has 114 valence electrons. The van der Waals surface area contributed by atoms with Crippen LogP contribution in [0.15, 0.2) is 14.1 Å². The summed E-state index contributed by atoms with van der Waals surface area (Å²) < 4.78 is 33.1. The molecular formula is C12H17BrClNO3S2. The first kappa shape index (κ1) is 16.7. The molecule has 0 aliphatic heterocycles. The van der Waals surface area contributed by atoms with Crippen LogP contribution < -0.4 is 0 Å². The minimum Gasteiger partial charge on any atom is -0.383 e. The molecule has 0 amide bonds. The number of rotatable bonds is 7. The van der Waals surface area contributed by atoms with Crippen LogP contribution in [0.5, 0.6) is 0 Å². The molecule has 1 aromatic rings. The van der Waals surface area contributed by atoms with Crippen molar-refractivity contribution in [2.24, 2.45) is 5.92 Å². The number of halogens is 2. The van der Waals surface area contributed by atoms with Crippen LogP contribution in [0.4, 0.5) is 0 Å². The molecule has 4 nitrogen and oxygen atoms in total. The van der Waals surface area contributed by atoms with Crippen molar-refractivity contribution in [3.63, 3.8) is 0 Å². The van der Waals surface area contributed by atoms with Crippen LogP contribution in [0, 0.1) is 5.92 Å². The lowest BCUT2D eigenvalue weighted by Crippen LogP contribution is -2.41. The summed E-state index contributed by atoms with van der Waals surface area (Å²) in [5, 5.41) is 0.430. The van der Waals surface area contributed by atoms with Gasteiger partial charge in [-0.3, -0.25) is 0 Å². The number of methoxy groups -OCH3 is 1. The lowest BCUT2D eigenvalue weighted by molar-refractivity contribution is 0.164. The smallest absolute Gasteiger partial charge is 0.252 e. The average Bonchev–Trinajstić information content (AvgIpc) is 3.17. The van der Waals surface area contributed by atoms with Gasteiger partial charge in [-0.2, -0.15) is 4.31 Å². The Morgan fingerprint density at radius 3 is 2.70 bits per heavy atom. The molecule has 0 bridgehead atoms. The summed E-state index contributed by atoms with van der Waals surface area (Å²) in [5.74, 6) is 0.459. The van der Waals surface area contributed by atoms with Crippen LogP contribution >= 0.6 is 38.9 Å². The molecule has 1 aromatic heterocycles. The van der Waals surface area contributed by atoms with Crippen molar-refractivity contribution in [1.29, 1.82) is 0 Å². The van der Waals surface area contributed by atoms with E-state index in [1.54, 1.807) is 11.4 Å². The first-order valence-electron chi connectivity index (χ1n) is 6.33. The number of sulfonamides is 1. The lowest BCUT2D eigenvalue weighted by Gasteiger charge is -2.27. The molecule has 1 saturated carbocycles. The molecule has 0 N–H and O–H groups in total. The standard InChI is InChI=1S/C12H17BrClNO3S2/c1-8(9-3-4-9)15(5-6-18-2)20(16,17)11-7-10(14)12(13)19-11/h7-9H,3-6H2,1-2H3. The summed E-state index contributed by atoms with van der Waals surface area (Å²) in [6.07, 6.45) is 2.18. The molecule has 8 heteroatoms. The highest BCUT2D eigenvalue weighted by atomic mass is 79.9. The quantitative estimate of drug-likeness (QED) is 0.700. The van der Waals surface area contributed by atoms with Gasteiger partial charge in [0.1, 0.15) is 4.21 Å². The second-order valence-electron chi connectivity index (χ2n) is 4.87. The van der Waals surface area contributed by atoms with Gasteiger partial charge in [0.25, 0.3) is 10.0 Å². The van der Waals surface area contributed by atoms with E-state index in [1.165, 1.54) is 6.07 Å². The first-order chi connectivity index (χ1) is 9.37.